The van der Waals surface area contributed by atoms with Gasteiger partial charge in [-0.05, 0) is 19.5 Å². The smallest absolute Gasteiger partial charge is 0.148 e. The molecule has 1 atom stereocenters. The van der Waals surface area contributed by atoms with E-state index in [9.17, 15) is 8.42 Å². The lowest BCUT2D eigenvalue weighted by Gasteiger charge is -2.27. The number of hydrogen-bond acceptors (Lipinski definition) is 5. The van der Waals surface area contributed by atoms with Crippen LogP contribution in [0.25, 0.3) is 0 Å². The minimum atomic E-state index is -2.90. The van der Waals surface area contributed by atoms with Gasteiger partial charge in [-0.3, -0.25) is 4.90 Å². The maximum Gasteiger partial charge on any atom is 0.148 e. The highest BCUT2D eigenvalue weighted by Gasteiger charge is 2.16. The monoisotopic (exact) mass is 280 g/mol. The largest absolute Gasteiger partial charge is 0.383 e. The highest BCUT2D eigenvalue weighted by Crippen LogP contribution is 1.98. The van der Waals surface area contributed by atoms with Crippen molar-refractivity contribution in [3.8, 4) is 0 Å². The third-order valence-corrected chi connectivity index (χ3v) is 3.65. The number of rotatable bonds is 10. The van der Waals surface area contributed by atoms with E-state index in [1.165, 1.54) is 6.26 Å². The number of ether oxygens (including phenoxy) is 1. The molecule has 0 fully saturated rings. The molecule has 0 bridgehead atoms. The van der Waals surface area contributed by atoms with Gasteiger partial charge in [0.1, 0.15) is 9.84 Å². The molecular formula is C12H28N2O3S. The molecule has 1 N–H and O–H groups in total. The quantitative estimate of drug-likeness (QED) is 0.620. The molecule has 0 radical (unpaired) electrons. The van der Waals surface area contributed by atoms with Gasteiger partial charge < -0.3 is 10.1 Å². The van der Waals surface area contributed by atoms with Gasteiger partial charge in [-0.15, -0.1) is 0 Å². The van der Waals surface area contributed by atoms with Gasteiger partial charge in [-0.1, -0.05) is 13.8 Å². The number of methoxy groups -OCH3 is 1. The maximum atomic E-state index is 11.1. The van der Waals surface area contributed by atoms with Gasteiger partial charge in [0.05, 0.1) is 12.4 Å². The Morgan fingerprint density at radius 2 is 1.89 bits per heavy atom. The Morgan fingerprint density at radius 3 is 2.33 bits per heavy atom. The van der Waals surface area contributed by atoms with Crippen molar-refractivity contribution in [1.82, 2.24) is 10.2 Å². The fourth-order valence-electron chi connectivity index (χ4n) is 1.57. The Bertz CT molecular complexity index is 304. The molecule has 0 aromatic carbocycles. The summed E-state index contributed by atoms with van der Waals surface area (Å²) in [5.74, 6) is 0.794. The van der Waals surface area contributed by atoms with Crippen LogP contribution < -0.4 is 5.32 Å². The summed E-state index contributed by atoms with van der Waals surface area (Å²) in [4.78, 5) is 2.04. The second-order valence-corrected chi connectivity index (χ2v) is 7.53. The molecule has 0 amide bonds. The van der Waals surface area contributed by atoms with E-state index in [2.05, 4.69) is 19.2 Å². The normalized spacial score (nSPS) is 14.4. The van der Waals surface area contributed by atoms with Crippen LogP contribution in [0.5, 0.6) is 0 Å². The van der Waals surface area contributed by atoms with Crippen molar-refractivity contribution in [2.75, 3.05) is 52.4 Å². The average molecular weight is 280 g/mol. The molecule has 18 heavy (non-hydrogen) atoms. The molecule has 0 aliphatic heterocycles. The van der Waals surface area contributed by atoms with Gasteiger partial charge in [0.25, 0.3) is 0 Å². The zero-order valence-corrected chi connectivity index (χ0v) is 13.1. The fourth-order valence-corrected chi connectivity index (χ4v) is 2.19. The van der Waals surface area contributed by atoms with Crippen LogP contribution in [-0.4, -0.2) is 71.8 Å². The average Bonchev–Trinajstić information content (AvgIpc) is 2.23. The van der Waals surface area contributed by atoms with E-state index in [-0.39, 0.29) is 11.8 Å². The van der Waals surface area contributed by atoms with Crippen molar-refractivity contribution >= 4 is 9.84 Å². The number of hydrogen-bond donors (Lipinski definition) is 1. The Kier molecular flexibility index (Phi) is 8.77. The predicted octanol–water partition coefficient (Wildman–Crippen LogP) is 0.223. The van der Waals surface area contributed by atoms with Crippen LogP contribution in [0.2, 0.25) is 0 Å². The SMILES string of the molecule is COCC(CNCC(C)C)N(C)CCS(C)(=O)=O. The van der Waals surface area contributed by atoms with E-state index in [0.29, 0.717) is 19.1 Å². The lowest BCUT2D eigenvalue weighted by Crippen LogP contribution is -2.45. The summed E-state index contributed by atoms with van der Waals surface area (Å²) >= 11 is 0. The predicted molar refractivity (Wildman–Crippen MR) is 75.7 cm³/mol. The fraction of sp³-hybridized carbons (Fsp3) is 1.00. The van der Waals surface area contributed by atoms with Crippen LogP contribution in [0.15, 0.2) is 0 Å². The van der Waals surface area contributed by atoms with E-state index in [1.807, 2.05) is 11.9 Å². The standard InChI is InChI=1S/C12H28N2O3S/c1-11(2)8-13-9-12(10-17-4)14(3)6-7-18(5,15)16/h11-13H,6-10H2,1-5H3. The third kappa shape index (κ3) is 9.82. The highest BCUT2D eigenvalue weighted by atomic mass is 32.2. The third-order valence-electron chi connectivity index (χ3n) is 2.73. The molecule has 6 heteroatoms. The van der Waals surface area contributed by atoms with Crippen LogP contribution in [0.1, 0.15) is 13.8 Å². The molecule has 0 aliphatic carbocycles. The summed E-state index contributed by atoms with van der Waals surface area (Å²) in [5.41, 5.74) is 0. The molecule has 1 unspecified atom stereocenters. The van der Waals surface area contributed by atoms with Gasteiger partial charge in [0.15, 0.2) is 0 Å². The van der Waals surface area contributed by atoms with Gasteiger partial charge in [0, 0.05) is 32.5 Å². The van der Waals surface area contributed by atoms with E-state index in [1.54, 1.807) is 7.11 Å². The van der Waals surface area contributed by atoms with Gasteiger partial charge in [-0.25, -0.2) is 8.42 Å². The Morgan fingerprint density at radius 1 is 1.28 bits per heavy atom. The first kappa shape index (κ1) is 17.8. The van der Waals surface area contributed by atoms with E-state index < -0.39 is 9.84 Å². The van der Waals surface area contributed by atoms with Gasteiger partial charge >= 0.3 is 0 Å². The van der Waals surface area contributed by atoms with Crippen molar-refractivity contribution in [2.45, 2.75) is 19.9 Å². The Balaban J connectivity index is 4.13. The van der Waals surface area contributed by atoms with Crippen LogP contribution in [0, 0.1) is 5.92 Å². The second-order valence-electron chi connectivity index (χ2n) is 5.27. The van der Waals surface area contributed by atoms with Crippen molar-refractivity contribution < 1.29 is 13.2 Å². The first-order valence-corrected chi connectivity index (χ1v) is 8.40. The molecule has 0 heterocycles. The zero-order chi connectivity index (χ0) is 14.2. The summed E-state index contributed by atoms with van der Waals surface area (Å²) in [6.07, 6.45) is 1.27. The lowest BCUT2D eigenvalue weighted by atomic mass is 10.2. The summed E-state index contributed by atoms with van der Waals surface area (Å²) in [7, 11) is 0.698. The lowest BCUT2D eigenvalue weighted by molar-refractivity contribution is 0.108. The first-order valence-electron chi connectivity index (χ1n) is 6.34. The molecule has 0 aliphatic rings. The Hall–Kier alpha value is -0.170. The Labute approximate surface area is 112 Å². The molecule has 0 aromatic rings. The highest BCUT2D eigenvalue weighted by molar-refractivity contribution is 7.90. The van der Waals surface area contributed by atoms with E-state index in [0.717, 1.165) is 13.1 Å². The molecule has 110 valence electrons. The summed E-state index contributed by atoms with van der Waals surface area (Å²) in [6, 6.07) is 0.204. The minimum Gasteiger partial charge on any atom is -0.383 e. The number of nitrogens with zero attached hydrogens (tertiary/aromatic N) is 1. The second kappa shape index (κ2) is 8.85. The summed E-state index contributed by atoms with van der Waals surface area (Å²) in [6.45, 7) is 7.23. The number of likely N-dealkylation sites (N-methyl/N-ethyl adjacent to an activating group) is 1. The zero-order valence-electron chi connectivity index (χ0n) is 12.3. The minimum absolute atomic E-state index is 0.188. The van der Waals surface area contributed by atoms with Crippen molar-refractivity contribution in [1.29, 1.82) is 0 Å². The molecule has 0 aromatic heterocycles. The van der Waals surface area contributed by atoms with Crippen molar-refractivity contribution in [2.24, 2.45) is 5.92 Å². The molecule has 0 saturated carbocycles. The summed E-state index contributed by atoms with van der Waals surface area (Å²) < 4.78 is 27.5. The van der Waals surface area contributed by atoms with Crippen LogP contribution >= 0.6 is 0 Å². The van der Waals surface area contributed by atoms with Crippen LogP contribution in [-0.2, 0) is 14.6 Å². The number of sulfone groups is 1. The van der Waals surface area contributed by atoms with E-state index in [4.69, 9.17) is 4.74 Å². The maximum absolute atomic E-state index is 11.1. The molecule has 0 rings (SSSR count). The van der Waals surface area contributed by atoms with Crippen LogP contribution in [0.4, 0.5) is 0 Å². The molecule has 0 saturated heterocycles. The molecule has 0 spiro atoms. The van der Waals surface area contributed by atoms with Crippen molar-refractivity contribution in [3.05, 3.63) is 0 Å². The molecular weight excluding hydrogens is 252 g/mol. The van der Waals surface area contributed by atoms with Crippen molar-refractivity contribution in [3.63, 3.8) is 0 Å². The molecule has 5 nitrogen and oxygen atoms in total. The summed E-state index contributed by atoms with van der Waals surface area (Å²) in [5, 5.41) is 3.38. The van der Waals surface area contributed by atoms with E-state index >= 15 is 0 Å². The topological polar surface area (TPSA) is 58.6 Å². The van der Waals surface area contributed by atoms with Gasteiger partial charge in [0.2, 0.25) is 0 Å². The van der Waals surface area contributed by atoms with Gasteiger partial charge in [-0.2, -0.15) is 0 Å². The first-order chi connectivity index (χ1) is 8.26. The number of nitrogens with one attached hydrogen (secondary N) is 1. The van der Waals surface area contributed by atoms with Crippen LogP contribution in [0.3, 0.4) is 0 Å².